The van der Waals surface area contributed by atoms with Crippen LogP contribution < -0.4 is 0 Å². The summed E-state index contributed by atoms with van der Waals surface area (Å²) in [5.41, 5.74) is 3.12. The molecule has 78 valence electrons. The van der Waals surface area contributed by atoms with Crippen LogP contribution in [0.2, 0.25) is 0 Å². The standard InChI is InChI=1S/C13H19Br/c1-10-7-5-6-8-12(10)13(3,4)9-11(2)14/h5-8,11H,9H2,1-4H3. The molecule has 0 radical (unpaired) electrons. The van der Waals surface area contributed by atoms with Gasteiger partial charge >= 0.3 is 0 Å². The minimum absolute atomic E-state index is 0.258. The maximum atomic E-state index is 3.63. The molecule has 0 spiro atoms. The Morgan fingerprint density at radius 2 is 1.86 bits per heavy atom. The average Bonchev–Trinajstić information content (AvgIpc) is 2.02. The molecule has 0 saturated carbocycles. The van der Waals surface area contributed by atoms with Gasteiger partial charge in [-0.3, -0.25) is 0 Å². The topological polar surface area (TPSA) is 0 Å². The first-order valence-electron chi connectivity index (χ1n) is 5.13. The fraction of sp³-hybridized carbons (Fsp3) is 0.538. The van der Waals surface area contributed by atoms with E-state index in [1.54, 1.807) is 0 Å². The van der Waals surface area contributed by atoms with E-state index in [-0.39, 0.29) is 5.41 Å². The Kier molecular flexibility index (Phi) is 3.77. The highest BCUT2D eigenvalue weighted by atomic mass is 79.9. The van der Waals surface area contributed by atoms with Crippen LogP contribution in [0.1, 0.15) is 38.3 Å². The van der Waals surface area contributed by atoms with Gasteiger partial charge in [0.15, 0.2) is 0 Å². The summed E-state index contributed by atoms with van der Waals surface area (Å²) in [7, 11) is 0. The van der Waals surface area contributed by atoms with Crippen molar-refractivity contribution in [2.45, 2.75) is 44.4 Å². The second-order valence-electron chi connectivity index (χ2n) is 4.68. The van der Waals surface area contributed by atoms with Crippen LogP contribution in [0.4, 0.5) is 0 Å². The Balaban J connectivity index is 2.97. The molecule has 0 aromatic heterocycles. The van der Waals surface area contributed by atoms with E-state index in [9.17, 15) is 0 Å². The van der Waals surface area contributed by atoms with Crippen LogP contribution in [0.5, 0.6) is 0 Å². The highest BCUT2D eigenvalue weighted by Gasteiger charge is 2.23. The van der Waals surface area contributed by atoms with Gasteiger partial charge in [-0.2, -0.15) is 0 Å². The van der Waals surface area contributed by atoms with Crippen LogP contribution in [0.15, 0.2) is 24.3 Å². The van der Waals surface area contributed by atoms with E-state index in [1.165, 1.54) is 11.1 Å². The maximum Gasteiger partial charge on any atom is 0.0125 e. The summed E-state index contributed by atoms with van der Waals surface area (Å²) in [4.78, 5) is 0.567. The van der Waals surface area contributed by atoms with Gasteiger partial charge < -0.3 is 0 Å². The molecule has 0 nitrogen and oxygen atoms in total. The predicted octanol–water partition coefficient (Wildman–Crippen LogP) is 4.45. The first-order chi connectivity index (χ1) is 6.43. The molecule has 1 aromatic rings. The Morgan fingerprint density at radius 1 is 1.29 bits per heavy atom. The first kappa shape index (κ1) is 11.8. The highest BCUT2D eigenvalue weighted by Crippen LogP contribution is 2.32. The molecule has 1 unspecified atom stereocenters. The summed E-state index contributed by atoms with van der Waals surface area (Å²) in [6.07, 6.45) is 1.16. The third-order valence-electron chi connectivity index (χ3n) is 2.67. The van der Waals surface area contributed by atoms with Crippen LogP contribution in [-0.2, 0) is 5.41 Å². The Morgan fingerprint density at radius 3 is 2.36 bits per heavy atom. The van der Waals surface area contributed by atoms with E-state index in [1.807, 2.05) is 0 Å². The lowest BCUT2D eigenvalue weighted by Crippen LogP contribution is -2.21. The molecular formula is C13H19Br. The molecule has 1 aromatic carbocycles. The van der Waals surface area contributed by atoms with Crippen molar-refractivity contribution in [3.63, 3.8) is 0 Å². The molecule has 0 fully saturated rings. The maximum absolute atomic E-state index is 3.63. The van der Waals surface area contributed by atoms with Gasteiger partial charge in [0.2, 0.25) is 0 Å². The average molecular weight is 255 g/mol. The van der Waals surface area contributed by atoms with Crippen LogP contribution in [0.3, 0.4) is 0 Å². The normalized spacial score (nSPS) is 14.1. The second-order valence-corrected chi connectivity index (χ2v) is 6.25. The second kappa shape index (κ2) is 4.48. The van der Waals surface area contributed by atoms with Gasteiger partial charge in [-0.1, -0.05) is 61.0 Å². The number of aryl methyl sites for hydroxylation is 1. The summed E-state index contributed by atoms with van der Waals surface area (Å²) in [6, 6.07) is 8.66. The van der Waals surface area contributed by atoms with Gasteiger partial charge in [0.05, 0.1) is 0 Å². The van der Waals surface area contributed by atoms with Crippen LogP contribution in [0, 0.1) is 6.92 Å². The van der Waals surface area contributed by atoms with Gasteiger partial charge in [0.25, 0.3) is 0 Å². The number of hydrogen-bond donors (Lipinski definition) is 0. The van der Waals surface area contributed by atoms with Crippen molar-refractivity contribution in [2.75, 3.05) is 0 Å². The van der Waals surface area contributed by atoms with E-state index < -0.39 is 0 Å². The number of hydrogen-bond acceptors (Lipinski definition) is 0. The molecule has 0 aliphatic carbocycles. The molecule has 0 N–H and O–H groups in total. The van der Waals surface area contributed by atoms with Crippen molar-refractivity contribution < 1.29 is 0 Å². The smallest absolute Gasteiger partial charge is 0.0125 e. The molecule has 0 amide bonds. The molecule has 0 heterocycles. The number of rotatable bonds is 3. The fourth-order valence-electron chi connectivity index (χ4n) is 2.15. The van der Waals surface area contributed by atoms with Gasteiger partial charge in [-0.25, -0.2) is 0 Å². The molecule has 1 rings (SSSR count). The van der Waals surface area contributed by atoms with Gasteiger partial charge in [-0.05, 0) is 29.9 Å². The summed E-state index contributed by atoms with van der Waals surface area (Å²) in [6.45, 7) is 9.02. The molecule has 14 heavy (non-hydrogen) atoms. The Labute approximate surface area is 95.9 Å². The fourth-order valence-corrected chi connectivity index (χ4v) is 2.95. The minimum atomic E-state index is 0.258. The molecule has 1 heteroatoms. The van der Waals surface area contributed by atoms with E-state index in [0.29, 0.717) is 4.83 Å². The molecule has 0 aliphatic rings. The monoisotopic (exact) mass is 254 g/mol. The number of alkyl halides is 1. The zero-order chi connectivity index (χ0) is 10.8. The lowest BCUT2D eigenvalue weighted by Gasteiger charge is -2.28. The van der Waals surface area contributed by atoms with E-state index in [2.05, 4.69) is 67.9 Å². The molecule has 0 bridgehead atoms. The van der Waals surface area contributed by atoms with E-state index >= 15 is 0 Å². The third kappa shape index (κ3) is 2.84. The summed E-state index contributed by atoms with van der Waals surface area (Å²) in [5.74, 6) is 0. The summed E-state index contributed by atoms with van der Waals surface area (Å²) < 4.78 is 0. The van der Waals surface area contributed by atoms with Crippen molar-refractivity contribution in [3.8, 4) is 0 Å². The van der Waals surface area contributed by atoms with Crippen LogP contribution in [-0.4, -0.2) is 4.83 Å². The van der Waals surface area contributed by atoms with Crippen molar-refractivity contribution in [1.82, 2.24) is 0 Å². The van der Waals surface area contributed by atoms with Gasteiger partial charge in [-0.15, -0.1) is 0 Å². The molecule has 1 atom stereocenters. The quantitative estimate of drug-likeness (QED) is 0.700. The summed E-state index contributed by atoms with van der Waals surface area (Å²) in [5, 5.41) is 0. The number of benzene rings is 1. The van der Waals surface area contributed by atoms with Crippen molar-refractivity contribution in [2.24, 2.45) is 0 Å². The van der Waals surface area contributed by atoms with Crippen LogP contribution in [0.25, 0.3) is 0 Å². The molecule has 0 saturated heterocycles. The van der Waals surface area contributed by atoms with Gasteiger partial charge in [0, 0.05) is 4.83 Å². The SMILES string of the molecule is Cc1ccccc1C(C)(C)CC(C)Br. The van der Waals surface area contributed by atoms with Crippen molar-refractivity contribution in [3.05, 3.63) is 35.4 Å². The molecule has 0 aliphatic heterocycles. The highest BCUT2D eigenvalue weighted by molar-refractivity contribution is 9.09. The summed E-state index contributed by atoms with van der Waals surface area (Å²) >= 11 is 3.63. The zero-order valence-electron chi connectivity index (χ0n) is 9.47. The van der Waals surface area contributed by atoms with E-state index in [4.69, 9.17) is 0 Å². The van der Waals surface area contributed by atoms with Crippen LogP contribution >= 0.6 is 15.9 Å². The Bertz CT molecular complexity index is 300. The van der Waals surface area contributed by atoms with Gasteiger partial charge in [0.1, 0.15) is 0 Å². The lowest BCUT2D eigenvalue weighted by atomic mass is 9.79. The van der Waals surface area contributed by atoms with Crippen molar-refractivity contribution >= 4 is 15.9 Å². The van der Waals surface area contributed by atoms with E-state index in [0.717, 1.165) is 6.42 Å². The lowest BCUT2D eigenvalue weighted by molar-refractivity contribution is 0.480. The third-order valence-corrected chi connectivity index (χ3v) is 2.99. The molecular weight excluding hydrogens is 236 g/mol. The number of halogens is 1. The Hall–Kier alpha value is -0.300. The largest absolute Gasteiger partial charge is 0.0893 e. The predicted molar refractivity (Wildman–Crippen MR) is 67.2 cm³/mol. The minimum Gasteiger partial charge on any atom is -0.0893 e. The van der Waals surface area contributed by atoms with Crippen molar-refractivity contribution in [1.29, 1.82) is 0 Å². The first-order valence-corrected chi connectivity index (χ1v) is 6.05. The zero-order valence-corrected chi connectivity index (χ0v) is 11.1.